The van der Waals surface area contributed by atoms with Crippen LogP contribution in [0.25, 0.3) is 87.4 Å². The molecule has 0 saturated carbocycles. The van der Waals surface area contributed by atoms with Crippen LogP contribution in [0.5, 0.6) is 69.0 Å². The van der Waals surface area contributed by atoms with Crippen LogP contribution < -0.4 is 62.2 Å². The van der Waals surface area contributed by atoms with Gasteiger partial charge in [-0.05, 0) is 162 Å². The lowest BCUT2D eigenvalue weighted by molar-refractivity contribution is -0.136. The molecule has 0 aliphatic carbocycles. The second-order valence-corrected chi connectivity index (χ2v) is 22.8. The van der Waals surface area contributed by atoms with Gasteiger partial charge in [-0.15, -0.1) is 0 Å². The van der Waals surface area contributed by atoms with Crippen LogP contribution in [0.3, 0.4) is 0 Å². The standard InChI is InChI=1S/C25H25N3O5.C23H20INO6.C23H19NO6.3CH4/c1-28(2)6-5-26-25(29)18-7-14-17-10-23-24(33-13-32-23)11-20(17)27-12-19(14)16-9-22(31-4)21(30-3)8-15(16)18;1-4-29-23(26)16(15-9-19(27-2)20(28-3)10-17(15)24)7-13-5-6-25-18-11-22-21(8-14(13)18)30-12-31-22;1-4-28-23(25)16-5-12-15-8-21-22(30-11-29-21)9-18(15)24-10-17(12)14-7-20(27-3)19(26-2)6-13(14)16;;;/h7-12H,5-6,13H2,1-4H3,(H,26,29);5-11H,4,12H2,1-3H3;5-10H,4,11H2,1-3H3;3*1H4/b;16-7+;;;;. The molecule has 0 saturated heterocycles. The Balaban J connectivity index is 0.000000168. The summed E-state index contributed by atoms with van der Waals surface area (Å²) in [6.45, 7) is 5.91. The largest absolute Gasteiger partial charge is 0.493 e. The molecule has 8 aromatic carbocycles. The van der Waals surface area contributed by atoms with Crippen LogP contribution in [-0.2, 0) is 14.3 Å². The number of hydrogen-bond donors (Lipinski definition) is 1. The molecule has 22 nitrogen and oxygen atoms in total. The lowest BCUT2D eigenvalue weighted by atomic mass is 9.95. The van der Waals surface area contributed by atoms with Gasteiger partial charge in [0.25, 0.3) is 5.91 Å². The maximum Gasteiger partial charge on any atom is 0.338 e. The maximum absolute atomic E-state index is 13.3. The number of nitrogens with one attached hydrogen (secondary N) is 1. The molecule has 97 heavy (non-hydrogen) atoms. The number of benzene rings is 8. The molecule has 0 atom stereocenters. The fourth-order valence-corrected chi connectivity index (χ4v) is 12.2. The molecule has 1 N–H and O–H groups in total. The number of pyridine rings is 3. The Labute approximate surface area is 574 Å². The highest BCUT2D eigenvalue weighted by Gasteiger charge is 2.26. The molecule has 6 heterocycles. The van der Waals surface area contributed by atoms with E-state index in [2.05, 4.69) is 42.9 Å². The Morgan fingerprint density at radius 2 is 0.876 bits per heavy atom. The number of hydrogen-bond acceptors (Lipinski definition) is 21. The summed E-state index contributed by atoms with van der Waals surface area (Å²) in [6.07, 6.45) is 7.11. The summed E-state index contributed by atoms with van der Waals surface area (Å²) in [6, 6.07) is 27.8. The molecule has 11 aromatic rings. The number of fused-ring (bicyclic) bond motifs is 14. The molecule has 0 unspecified atom stereocenters. The minimum absolute atomic E-state index is 0. The summed E-state index contributed by atoms with van der Waals surface area (Å²) in [5.74, 6) is 6.32. The summed E-state index contributed by atoms with van der Waals surface area (Å²) in [5.41, 5.74) is 5.15. The lowest BCUT2D eigenvalue weighted by Gasteiger charge is -2.16. The van der Waals surface area contributed by atoms with Gasteiger partial charge in [0.05, 0.1) is 83.6 Å². The molecular weight excluding hydrogens is 1360 g/mol. The molecular formula is C74H76IN5O17. The van der Waals surface area contributed by atoms with Gasteiger partial charge < -0.3 is 76.5 Å². The first-order chi connectivity index (χ1) is 45.7. The number of carbonyl (C=O) groups is 3. The van der Waals surface area contributed by atoms with Gasteiger partial charge in [0.15, 0.2) is 69.0 Å². The van der Waals surface area contributed by atoms with Gasteiger partial charge in [-0.3, -0.25) is 19.7 Å². The number of carbonyl (C=O) groups excluding carboxylic acids is 3. The van der Waals surface area contributed by atoms with Gasteiger partial charge >= 0.3 is 11.9 Å². The Hall–Kier alpha value is -10.5. The summed E-state index contributed by atoms with van der Waals surface area (Å²) in [4.78, 5) is 54.8. The number of rotatable bonds is 16. The van der Waals surface area contributed by atoms with Gasteiger partial charge in [0, 0.05) is 96.9 Å². The Morgan fingerprint density at radius 3 is 1.34 bits per heavy atom. The predicted octanol–water partition coefficient (Wildman–Crippen LogP) is 14.6. The van der Waals surface area contributed by atoms with E-state index in [4.69, 9.17) is 66.3 Å². The predicted molar refractivity (Wildman–Crippen MR) is 384 cm³/mol. The van der Waals surface area contributed by atoms with E-state index in [-0.39, 0.29) is 61.8 Å². The number of nitrogens with zero attached hydrogens (tertiary/aromatic N) is 4. The van der Waals surface area contributed by atoms with E-state index >= 15 is 0 Å². The number of methoxy groups -OCH3 is 6. The van der Waals surface area contributed by atoms with Crippen LogP contribution in [0.2, 0.25) is 0 Å². The molecule has 14 rings (SSSR count). The van der Waals surface area contributed by atoms with Crippen molar-refractivity contribution in [3.05, 3.63) is 135 Å². The minimum atomic E-state index is -0.432. The molecule has 0 fully saturated rings. The molecule has 3 aliphatic rings. The number of ether oxygens (including phenoxy) is 14. The van der Waals surface area contributed by atoms with Gasteiger partial charge in [-0.25, -0.2) is 9.59 Å². The number of aromatic nitrogens is 3. The monoisotopic (exact) mass is 1430 g/mol. The van der Waals surface area contributed by atoms with Crippen molar-refractivity contribution in [2.24, 2.45) is 0 Å². The number of halogens is 1. The van der Waals surface area contributed by atoms with Crippen molar-refractivity contribution in [1.29, 1.82) is 0 Å². The summed E-state index contributed by atoms with van der Waals surface area (Å²) in [5, 5.41) is 12.3. The van der Waals surface area contributed by atoms with Crippen LogP contribution in [0, 0.1) is 3.57 Å². The van der Waals surface area contributed by atoms with Gasteiger partial charge in [0.2, 0.25) is 20.4 Å². The molecule has 23 heteroatoms. The average molecular weight is 1430 g/mol. The smallest absolute Gasteiger partial charge is 0.338 e. The van der Waals surface area contributed by atoms with Crippen LogP contribution >= 0.6 is 22.6 Å². The highest BCUT2D eigenvalue weighted by Crippen LogP contribution is 2.46. The molecule has 3 aromatic heterocycles. The number of esters is 2. The fraction of sp³-hybridized carbons (Fsp3) is 0.270. The summed E-state index contributed by atoms with van der Waals surface area (Å²) < 4.78 is 77.4. The zero-order chi connectivity index (χ0) is 65.9. The average Bonchev–Trinajstić information content (AvgIpc) is 0.819. The van der Waals surface area contributed by atoms with E-state index < -0.39 is 11.9 Å². The first kappa shape index (κ1) is 70.8. The second-order valence-electron chi connectivity index (χ2n) is 21.6. The summed E-state index contributed by atoms with van der Waals surface area (Å²) in [7, 11) is 13.4. The fourth-order valence-electron chi connectivity index (χ4n) is 11.4. The third-order valence-electron chi connectivity index (χ3n) is 16.0. The van der Waals surface area contributed by atoms with Gasteiger partial charge in [-0.1, -0.05) is 22.3 Å². The van der Waals surface area contributed by atoms with Gasteiger partial charge in [0.1, 0.15) is 0 Å². The first-order valence-corrected chi connectivity index (χ1v) is 30.8. The molecule has 0 spiro atoms. The zero-order valence-corrected chi connectivity index (χ0v) is 55.2. The van der Waals surface area contributed by atoms with Crippen molar-refractivity contribution in [2.45, 2.75) is 36.1 Å². The number of amides is 1. The third-order valence-corrected chi connectivity index (χ3v) is 16.9. The first-order valence-electron chi connectivity index (χ1n) is 29.7. The van der Waals surface area contributed by atoms with E-state index in [0.29, 0.717) is 103 Å². The summed E-state index contributed by atoms with van der Waals surface area (Å²) >= 11 is 2.17. The van der Waals surface area contributed by atoms with E-state index in [1.165, 1.54) is 0 Å². The zero-order valence-electron chi connectivity index (χ0n) is 53.0. The topological polar surface area (TPSA) is 234 Å². The van der Waals surface area contributed by atoms with Crippen LogP contribution in [0.4, 0.5) is 0 Å². The normalized spacial score (nSPS) is 12.2. The van der Waals surface area contributed by atoms with Crippen molar-refractivity contribution in [2.75, 3.05) is 103 Å². The van der Waals surface area contributed by atoms with Crippen LogP contribution in [0.1, 0.15) is 68.0 Å². The molecule has 3 aliphatic heterocycles. The van der Waals surface area contributed by atoms with Crippen LogP contribution in [-0.4, -0.2) is 141 Å². The van der Waals surface area contributed by atoms with Crippen LogP contribution in [0.15, 0.2) is 110 Å². The van der Waals surface area contributed by atoms with Gasteiger partial charge in [-0.2, -0.15) is 0 Å². The highest BCUT2D eigenvalue weighted by atomic mass is 127. The Bertz CT molecular complexity index is 4890. The Morgan fingerprint density at radius 1 is 0.474 bits per heavy atom. The SMILES string of the molecule is C.C.C.CCOC(=O)/C(=C/c1ccnc2cc3c(cc12)OCO3)c1cc(OC)c(OC)cc1I.CCOC(=O)c1cc2c3cc4c(cc3ncc2c2cc(OC)c(OC)cc12)OCO4.COc1cc2c(C(=O)NCCN(C)C)cc3c4cc5c(cc4ncc3c2cc1OC)OCO5. The quantitative estimate of drug-likeness (QED) is 0.0410. The molecule has 506 valence electrons. The highest BCUT2D eigenvalue weighted by molar-refractivity contribution is 14.1. The van der Waals surface area contributed by atoms with E-state index in [0.717, 1.165) is 86.1 Å². The third kappa shape index (κ3) is 13.8. The van der Waals surface area contributed by atoms with E-state index in [9.17, 15) is 14.4 Å². The second kappa shape index (κ2) is 30.5. The van der Waals surface area contributed by atoms with E-state index in [1.54, 1.807) is 87.1 Å². The lowest BCUT2D eigenvalue weighted by Crippen LogP contribution is -2.31. The van der Waals surface area contributed by atoms with Crippen molar-refractivity contribution < 1.29 is 80.7 Å². The number of likely N-dealkylation sites (N-methyl/N-ethyl adjacent to an activating group) is 1. The molecule has 0 radical (unpaired) electrons. The van der Waals surface area contributed by atoms with Crippen molar-refractivity contribution in [3.63, 3.8) is 0 Å². The molecule has 0 bridgehead atoms. The maximum atomic E-state index is 13.3. The Kier molecular flexibility index (Phi) is 22.2. The van der Waals surface area contributed by atoms with Crippen molar-refractivity contribution >= 4 is 128 Å². The molecule has 1 amide bonds. The van der Waals surface area contributed by atoms with Crippen molar-refractivity contribution in [3.8, 4) is 69.0 Å². The van der Waals surface area contributed by atoms with Crippen molar-refractivity contribution in [1.82, 2.24) is 25.2 Å². The minimum Gasteiger partial charge on any atom is -0.493 e. The van der Waals surface area contributed by atoms with E-state index in [1.807, 2.05) is 104 Å².